The molecule has 2 rings (SSSR count). The number of hydroxylamine groups is 1. The predicted octanol–water partition coefficient (Wildman–Crippen LogP) is 2.04. The van der Waals surface area contributed by atoms with Crippen molar-refractivity contribution in [1.82, 2.24) is 4.47 Å². The fraction of sp³-hybridized carbons (Fsp3) is 0.474. The van der Waals surface area contributed by atoms with Crippen LogP contribution in [0.1, 0.15) is 20.3 Å². The van der Waals surface area contributed by atoms with Crippen LogP contribution in [0, 0.1) is 5.92 Å². The summed E-state index contributed by atoms with van der Waals surface area (Å²) in [6, 6.07) is 2.31. The number of nitrogens with zero attached hydrogens (tertiary/aromatic N) is 1. The Labute approximate surface area is 185 Å². The molecule has 3 N–H and O–H groups in total. The Morgan fingerprint density at radius 1 is 1.16 bits per heavy atom. The molecule has 1 atom stereocenters. The van der Waals surface area contributed by atoms with Crippen LogP contribution in [0.5, 0.6) is 5.75 Å². The number of benzene rings is 1. The van der Waals surface area contributed by atoms with E-state index in [9.17, 15) is 23.1 Å². The molecule has 0 aliphatic carbocycles. The molecule has 2 aromatic rings. The second kappa shape index (κ2) is 9.96. The Hall–Kier alpha value is -2.18. The van der Waals surface area contributed by atoms with E-state index in [4.69, 9.17) is 21.2 Å². The predicted molar refractivity (Wildman–Crippen MR) is 118 cm³/mol. The van der Waals surface area contributed by atoms with E-state index >= 15 is 0 Å². The van der Waals surface area contributed by atoms with Gasteiger partial charge in [-0.15, -0.1) is 0 Å². The molecule has 12 heteroatoms. The van der Waals surface area contributed by atoms with Crippen LogP contribution in [0.4, 0.5) is 17.1 Å². The van der Waals surface area contributed by atoms with Gasteiger partial charge in [-0.3, -0.25) is 14.4 Å². The van der Waals surface area contributed by atoms with Gasteiger partial charge in [0.05, 0.1) is 24.4 Å². The molecule has 0 saturated heterocycles. The molecular formula is C19H26ClN3O7S. The maximum absolute atomic E-state index is 12.6. The summed E-state index contributed by atoms with van der Waals surface area (Å²) in [6.07, 6.45) is 0.685. The Morgan fingerprint density at radius 2 is 1.77 bits per heavy atom. The van der Waals surface area contributed by atoms with Crippen molar-refractivity contribution in [3.63, 3.8) is 0 Å². The molecule has 0 spiro atoms. The van der Waals surface area contributed by atoms with Gasteiger partial charge in [0.15, 0.2) is 5.75 Å². The summed E-state index contributed by atoms with van der Waals surface area (Å²) >= 11 is 6.00. The quantitative estimate of drug-likeness (QED) is 0.253. The molecular weight excluding hydrogens is 450 g/mol. The zero-order valence-electron chi connectivity index (χ0n) is 17.9. The molecule has 10 nitrogen and oxygen atoms in total. The first kappa shape index (κ1) is 25.1. The topological polar surface area (TPSA) is 134 Å². The first-order chi connectivity index (χ1) is 14.4. The number of nitrogens with one attached hydrogen (secondary N) is 2. The second-order valence-corrected chi connectivity index (χ2v) is 9.61. The van der Waals surface area contributed by atoms with Crippen LogP contribution >= 0.6 is 11.6 Å². The summed E-state index contributed by atoms with van der Waals surface area (Å²) in [4.78, 5) is 28.4. The molecule has 0 radical (unpaired) electrons. The van der Waals surface area contributed by atoms with Crippen molar-refractivity contribution >= 4 is 38.7 Å². The number of hydrogen-bond donors (Lipinski definition) is 3. The maximum Gasteiger partial charge on any atom is 0.269 e. The number of methoxy groups -OCH3 is 1. The van der Waals surface area contributed by atoms with E-state index in [0.717, 1.165) is 14.2 Å². The van der Waals surface area contributed by atoms with Crippen LogP contribution in [0.2, 0.25) is 5.02 Å². The third-order valence-corrected chi connectivity index (χ3v) is 6.76. The Kier molecular flexibility index (Phi) is 8.06. The number of phenolic OH excluding ortho intramolecular Hbond substituents is 1. The standard InChI is InChI=1S/C19H26ClN3O7S/c1-10(2)8-11(9-29-4)21-14-15(18(26)17(14)25)22-13-7-6-12(20)19(16(13)24)31(27,28)23(3)30-5/h6-7,10-11,21-22,24H,8-9H2,1-5H3/t11-/m0/s1. The zero-order valence-corrected chi connectivity index (χ0v) is 19.4. The summed E-state index contributed by atoms with van der Waals surface area (Å²) in [5.74, 6) is -0.410. The molecule has 0 aromatic heterocycles. The van der Waals surface area contributed by atoms with Gasteiger partial charge >= 0.3 is 0 Å². The number of hydrogen-bond acceptors (Lipinski definition) is 9. The van der Waals surface area contributed by atoms with Crippen LogP contribution in [0.15, 0.2) is 26.6 Å². The number of ether oxygens (including phenoxy) is 1. The van der Waals surface area contributed by atoms with Crippen molar-refractivity contribution in [3.8, 4) is 5.75 Å². The van der Waals surface area contributed by atoms with Gasteiger partial charge in [-0.25, -0.2) is 8.42 Å². The van der Waals surface area contributed by atoms with Gasteiger partial charge in [-0.05, 0) is 24.5 Å². The zero-order chi connectivity index (χ0) is 23.5. The number of rotatable bonds is 11. The number of aromatic hydroxyl groups is 1. The van der Waals surface area contributed by atoms with Crippen molar-refractivity contribution in [2.75, 3.05) is 38.5 Å². The molecule has 0 amide bonds. The Balaban J connectivity index is 2.43. The van der Waals surface area contributed by atoms with Crippen LogP contribution in [-0.2, 0) is 19.6 Å². The van der Waals surface area contributed by atoms with E-state index in [-0.39, 0.29) is 28.1 Å². The third-order valence-electron chi connectivity index (χ3n) is 4.58. The molecule has 0 unspecified atom stereocenters. The van der Waals surface area contributed by atoms with Crippen LogP contribution in [-0.4, -0.2) is 51.9 Å². The van der Waals surface area contributed by atoms with E-state index in [0.29, 0.717) is 23.4 Å². The Morgan fingerprint density at radius 3 is 2.32 bits per heavy atom. The number of sulfonamides is 1. The third kappa shape index (κ3) is 5.18. The van der Waals surface area contributed by atoms with E-state index in [1.54, 1.807) is 0 Å². The van der Waals surface area contributed by atoms with Gasteiger partial charge in [0.2, 0.25) is 0 Å². The average molecular weight is 476 g/mol. The molecule has 0 aliphatic rings. The summed E-state index contributed by atoms with van der Waals surface area (Å²) < 4.78 is 30.9. The van der Waals surface area contributed by atoms with Crippen molar-refractivity contribution < 1.29 is 23.1 Å². The molecule has 31 heavy (non-hydrogen) atoms. The molecule has 0 heterocycles. The minimum atomic E-state index is -4.29. The van der Waals surface area contributed by atoms with E-state index < -0.39 is 31.5 Å². The van der Waals surface area contributed by atoms with E-state index in [1.165, 1.54) is 19.2 Å². The van der Waals surface area contributed by atoms with E-state index in [2.05, 4.69) is 10.6 Å². The monoisotopic (exact) mass is 475 g/mol. The molecule has 0 bridgehead atoms. The first-order valence-electron chi connectivity index (χ1n) is 9.35. The van der Waals surface area contributed by atoms with Crippen molar-refractivity contribution in [2.24, 2.45) is 5.92 Å². The van der Waals surface area contributed by atoms with Crippen LogP contribution in [0.3, 0.4) is 0 Å². The van der Waals surface area contributed by atoms with Crippen molar-refractivity contribution in [2.45, 2.75) is 31.2 Å². The van der Waals surface area contributed by atoms with Gasteiger partial charge < -0.3 is 20.5 Å². The maximum atomic E-state index is 12.6. The van der Waals surface area contributed by atoms with Crippen molar-refractivity contribution in [3.05, 3.63) is 37.6 Å². The number of phenols is 1. The van der Waals surface area contributed by atoms with E-state index in [1.807, 2.05) is 13.8 Å². The average Bonchev–Trinajstić information content (AvgIpc) is 2.70. The minimum absolute atomic E-state index is 0.0421. The van der Waals surface area contributed by atoms with Gasteiger partial charge in [-0.1, -0.05) is 29.9 Å². The highest BCUT2D eigenvalue weighted by Crippen LogP contribution is 2.39. The second-order valence-electron chi connectivity index (χ2n) is 7.33. The van der Waals surface area contributed by atoms with Crippen molar-refractivity contribution in [1.29, 1.82) is 0 Å². The normalized spacial score (nSPS) is 13.2. The molecule has 0 aliphatic heterocycles. The molecule has 0 saturated carbocycles. The highest BCUT2D eigenvalue weighted by atomic mass is 35.5. The summed E-state index contributed by atoms with van der Waals surface area (Å²) in [5.41, 5.74) is -1.67. The lowest BCUT2D eigenvalue weighted by molar-refractivity contribution is -0.0259. The highest BCUT2D eigenvalue weighted by molar-refractivity contribution is 7.89. The SMILES string of the molecule is COC[C@H](CC(C)C)Nc1c(Nc2ccc(Cl)c(S(=O)(=O)N(C)OC)c2O)c(=O)c1=O. The lowest BCUT2D eigenvalue weighted by atomic mass is 10.0. The highest BCUT2D eigenvalue weighted by Gasteiger charge is 2.31. The first-order valence-corrected chi connectivity index (χ1v) is 11.2. The molecule has 172 valence electrons. The smallest absolute Gasteiger partial charge is 0.269 e. The number of halogens is 1. The van der Waals surface area contributed by atoms with Gasteiger partial charge in [0.1, 0.15) is 16.3 Å². The Bertz CT molecular complexity index is 1110. The number of anilines is 3. The summed E-state index contributed by atoms with van der Waals surface area (Å²) in [5, 5.41) is 16.0. The van der Waals surface area contributed by atoms with Gasteiger partial charge in [0, 0.05) is 20.2 Å². The van der Waals surface area contributed by atoms with Crippen LogP contribution < -0.4 is 21.5 Å². The molecule has 2 aromatic carbocycles. The van der Waals surface area contributed by atoms with Gasteiger partial charge in [0.25, 0.3) is 20.9 Å². The minimum Gasteiger partial charge on any atom is -0.504 e. The lowest BCUT2D eigenvalue weighted by Gasteiger charge is -2.24. The summed E-state index contributed by atoms with van der Waals surface area (Å²) in [6.45, 7) is 4.33. The molecule has 0 fully saturated rings. The fourth-order valence-electron chi connectivity index (χ4n) is 3.05. The van der Waals surface area contributed by atoms with Crippen LogP contribution in [0.25, 0.3) is 0 Å². The largest absolute Gasteiger partial charge is 0.504 e. The van der Waals surface area contributed by atoms with Gasteiger partial charge in [-0.2, -0.15) is 0 Å². The summed E-state index contributed by atoms with van der Waals surface area (Å²) in [7, 11) is -0.485. The fourth-order valence-corrected chi connectivity index (χ4v) is 4.61. The lowest BCUT2D eigenvalue weighted by Crippen LogP contribution is -2.40.